The Morgan fingerprint density at radius 1 is 1.55 bits per heavy atom. The lowest BCUT2D eigenvalue weighted by atomic mass is 10.2. The molecule has 108 valence electrons. The van der Waals surface area contributed by atoms with Crippen molar-refractivity contribution in [2.45, 2.75) is 13.0 Å². The quantitative estimate of drug-likeness (QED) is 0.914. The summed E-state index contributed by atoms with van der Waals surface area (Å²) in [6.07, 6.45) is 0. The number of hydrogen-bond acceptors (Lipinski definition) is 4. The molecule has 1 unspecified atom stereocenters. The molecular weight excluding hydrogens is 272 g/mol. The highest BCUT2D eigenvalue weighted by molar-refractivity contribution is 7.10. The molecule has 2 aromatic rings. The lowest BCUT2D eigenvalue weighted by Gasteiger charge is -2.23. The molecule has 1 amide bonds. The third-order valence-corrected chi connectivity index (χ3v) is 4.16. The van der Waals surface area contributed by atoms with Gasteiger partial charge in [0.2, 0.25) is 0 Å². The summed E-state index contributed by atoms with van der Waals surface area (Å²) in [7, 11) is 5.82. The van der Waals surface area contributed by atoms with E-state index in [9.17, 15) is 4.79 Å². The minimum absolute atomic E-state index is 0.0866. The van der Waals surface area contributed by atoms with Crippen molar-refractivity contribution in [2.24, 2.45) is 7.05 Å². The zero-order valence-corrected chi connectivity index (χ0v) is 13.1. The maximum Gasteiger partial charge on any atom is 0.269 e. The Kier molecular flexibility index (Phi) is 4.57. The number of carbonyl (C=O) groups excluding carboxylic acids is 1. The summed E-state index contributed by atoms with van der Waals surface area (Å²) in [4.78, 5) is 15.5. The molecule has 0 aliphatic carbocycles. The Balaban J connectivity index is 2.03. The van der Waals surface area contributed by atoms with Gasteiger partial charge >= 0.3 is 0 Å². The predicted molar refractivity (Wildman–Crippen MR) is 81.0 cm³/mol. The molecular formula is C14H20N4OS. The molecule has 0 saturated carbocycles. The summed E-state index contributed by atoms with van der Waals surface area (Å²) < 4.78 is 1.61. The van der Waals surface area contributed by atoms with Crippen LogP contribution in [-0.4, -0.2) is 41.2 Å². The predicted octanol–water partition coefficient (Wildman–Crippen LogP) is 1.82. The first-order chi connectivity index (χ1) is 9.49. The van der Waals surface area contributed by atoms with Crippen molar-refractivity contribution in [2.75, 3.05) is 20.6 Å². The second-order valence-electron chi connectivity index (χ2n) is 5.00. The fraction of sp³-hybridized carbons (Fsp3) is 0.429. The fourth-order valence-electron chi connectivity index (χ4n) is 2.12. The number of likely N-dealkylation sites (N-methyl/N-ethyl adjacent to an activating group) is 1. The van der Waals surface area contributed by atoms with Gasteiger partial charge in [-0.15, -0.1) is 11.3 Å². The van der Waals surface area contributed by atoms with Gasteiger partial charge in [-0.3, -0.25) is 9.48 Å². The topological polar surface area (TPSA) is 50.2 Å². The normalized spacial score (nSPS) is 12.7. The average molecular weight is 292 g/mol. The molecule has 1 atom stereocenters. The van der Waals surface area contributed by atoms with E-state index in [0.717, 1.165) is 5.69 Å². The van der Waals surface area contributed by atoms with Gasteiger partial charge in [-0.1, -0.05) is 6.07 Å². The highest BCUT2D eigenvalue weighted by Gasteiger charge is 2.18. The number of nitrogens with one attached hydrogen (secondary N) is 1. The summed E-state index contributed by atoms with van der Waals surface area (Å²) in [6, 6.07) is 6.11. The van der Waals surface area contributed by atoms with Crippen molar-refractivity contribution in [1.29, 1.82) is 0 Å². The fourth-order valence-corrected chi connectivity index (χ4v) is 3.04. The largest absolute Gasteiger partial charge is 0.349 e. The van der Waals surface area contributed by atoms with Crippen LogP contribution >= 0.6 is 11.3 Å². The van der Waals surface area contributed by atoms with E-state index in [-0.39, 0.29) is 11.9 Å². The Morgan fingerprint density at radius 2 is 2.30 bits per heavy atom. The molecule has 0 aromatic carbocycles. The number of nitrogens with zero attached hydrogens (tertiary/aromatic N) is 3. The minimum atomic E-state index is -0.0866. The van der Waals surface area contributed by atoms with Gasteiger partial charge in [0.05, 0.1) is 11.7 Å². The van der Waals surface area contributed by atoms with Crippen LogP contribution in [-0.2, 0) is 7.05 Å². The van der Waals surface area contributed by atoms with Crippen LogP contribution in [0.5, 0.6) is 0 Å². The van der Waals surface area contributed by atoms with Crippen LogP contribution in [0.3, 0.4) is 0 Å². The van der Waals surface area contributed by atoms with E-state index < -0.39 is 0 Å². The maximum absolute atomic E-state index is 12.2. The highest BCUT2D eigenvalue weighted by atomic mass is 32.1. The Morgan fingerprint density at radius 3 is 2.80 bits per heavy atom. The van der Waals surface area contributed by atoms with Gasteiger partial charge < -0.3 is 10.2 Å². The van der Waals surface area contributed by atoms with Gasteiger partial charge in [0.25, 0.3) is 5.91 Å². The molecule has 2 aromatic heterocycles. The first-order valence-corrected chi connectivity index (χ1v) is 7.35. The van der Waals surface area contributed by atoms with Crippen LogP contribution in [0, 0.1) is 6.92 Å². The van der Waals surface area contributed by atoms with Gasteiger partial charge in [-0.2, -0.15) is 5.10 Å². The molecule has 0 radical (unpaired) electrons. The smallest absolute Gasteiger partial charge is 0.269 e. The molecule has 1 N–H and O–H groups in total. The first-order valence-electron chi connectivity index (χ1n) is 6.47. The molecule has 20 heavy (non-hydrogen) atoms. The first kappa shape index (κ1) is 14.7. The zero-order chi connectivity index (χ0) is 14.7. The molecule has 0 bridgehead atoms. The second kappa shape index (κ2) is 6.19. The number of hydrogen-bond donors (Lipinski definition) is 1. The molecule has 0 aliphatic heterocycles. The van der Waals surface area contributed by atoms with Crippen LogP contribution in [0.1, 0.15) is 27.1 Å². The van der Waals surface area contributed by atoms with Crippen LogP contribution in [0.2, 0.25) is 0 Å². The number of rotatable bonds is 5. The summed E-state index contributed by atoms with van der Waals surface area (Å²) in [6.45, 7) is 2.46. The molecule has 6 heteroatoms. The third kappa shape index (κ3) is 3.26. The van der Waals surface area contributed by atoms with E-state index in [1.54, 1.807) is 29.1 Å². The molecule has 2 rings (SSSR count). The van der Waals surface area contributed by atoms with Crippen molar-refractivity contribution in [3.8, 4) is 0 Å². The summed E-state index contributed by atoms with van der Waals surface area (Å²) in [5, 5.41) is 9.23. The summed E-state index contributed by atoms with van der Waals surface area (Å²) in [5.41, 5.74) is 1.44. The Hall–Kier alpha value is -1.66. The van der Waals surface area contributed by atoms with Crippen LogP contribution < -0.4 is 5.32 Å². The van der Waals surface area contributed by atoms with Gasteiger partial charge in [0.1, 0.15) is 5.69 Å². The van der Waals surface area contributed by atoms with Gasteiger partial charge in [-0.25, -0.2) is 0 Å². The van der Waals surface area contributed by atoms with Crippen molar-refractivity contribution >= 4 is 17.2 Å². The lowest BCUT2D eigenvalue weighted by molar-refractivity contribution is 0.0933. The highest BCUT2D eigenvalue weighted by Crippen LogP contribution is 2.22. The van der Waals surface area contributed by atoms with Gasteiger partial charge in [0.15, 0.2) is 0 Å². The van der Waals surface area contributed by atoms with Crippen molar-refractivity contribution in [3.05, 3.63) is 39.8 Å². The molecule has 0 saturated heterocycles. The second-order valence-corrected chi connectivity index (χ2v) is 5.98. The Labute approximate surface area is 123 Å². The van der Waals surface area contributed by atoms with Crippen LogP contribution in [0.4, 0.5) is 0 Å². The number of amides is 1. The third-order valence-electron chi connectivity index (χ3n) is 3.19. The Bertz CT molecular complexity index is 574. The van der Waals surface area contributed by atoms with Crippen LogP contribution in [0.25, 0.3) is 0 Å². The van der Waals surface area contributed by atoms with E-state index in [0.29, 0.717) is 12.2 Å². The molecule has 0 fully saturated rings. The van der Waals surface area contributed by atoms with Crippen molar-refractivity contribution in [3.63, 3.8) is 0 Å². The van der Waals surface area contributed by atoms with Crippen molar-refractivity contribution in [1.82, 2.24) is 20.0 Å². The number of aromatic nitrogens is 2. The molecule has 5 nitrogen and oxygen atoms in total. The maximum atomic E-state index is 12.2. The van der Waals surface area contributed by atoms with E-state index in [1.807, 2.05) is 27.1 Å². The van der Waals surface area contributed by atoms with Gasteiger partial charge in [0, 0.05) is 18.5 Å². The molecule has 0 aliphatic rings. The van der Waals surface area contributed by atoms with E-state index in [2.05, 4.69) is 26.8 Å². The van der Waals surface area contributed by atoms with Crippen molar-refractivity contribution < 1.29 is 4.79 Å². The van der Waals surface area contributed by atoms with E-state index >= 15 is 0 Å². The zero-order valence-electron chi connectivity index (χ0n) is 12.3. The number of carbonyl (C=O) groups is 1. The van der Waals surface area contributed by atoms with E-state index in [1.165, 1.54) is 4.88 Å². The SMILES string of the molecule is Cc1cc(C(=O)NCC(c2cccs2)N(C)C)n(C)n1. The minimum Gasteiger partial charge on any atom is -0.349 e. The molecule has 0 spiro atoms. The van der Waals surface area contributed by atoms with Gasteiger partial charge in [-0.05, 0) is 38.5 Å². The van der Waals surface area contributed by atoms with E-state index in [4.69, 9.17) is 0 Å². The summed E-state index contributed by atoms with van der Waals surface area (Å²) >= 11 is 1.70. The lowest BCUT2D eigenvalue weighted by Crippen LogP contribution is -2.34. The standard InChI is InChI=1S/C14H20N4OS/c1-10-8-11(18(4)16-10)14(19)15-9-12(17(2)3)13-6-5-7-20-13/h5-8,12H,9H2,1-4H3,(H,15,19). The average Bonchev–Trinajstić information content (AvgIpc) is 2.99. The van der Waals surface area contributed by atoms with Crippen LogP contribution in [0.15, 0.2) is 23.6 Å². The summed E-state index contributed by atoms with van der Waals surface area (Å²) in [5.74, 6) is -0.0866. The monoisotopic (exact) mass is 292 g/mol. The molecule has 2 heterocycles. The number of thiophene rings is 1. The number of aryl methyl sites for hydroxylation is 2.